The second kappa shape index (κ2) is 4.88. The van der Waals surface area contributed by atoms with Crippen LogP contribution in [0.3, 0.4) is 0 Å². The van der Waals surface area contributed by atoms with Crippen molar-refractivity contribution in [1.29, 1.82) is 0 Å². The normalized spacial score (nSPS) is 12.6. The molecule has 3 nitrogen and oxygen atoms in total. The van der Waals surface area contributed by atoms with Gasteiger partial charge in [0.25, 0.3) is 0 Å². The molecule has 1 rings (SSSR count). The van der Waals surface area contributed by atoms with Gasteiger partial charge in [0.1, 0.15) is 11.6 Å². The van der Waals surface area contributed by atoms with Gasteiger partial charge in [-0.3, -0.25) is 0 Å². The standard InChI is InChI=1S/C9H11F2NO2/c10-6-1-2-8(11)9(3-6)12-4-7(14)5-13/h1-3,7,12-14H,4-5H2. The first-order chi connectivity index (χ1) is 6.63. The van der Waals surface area contributed by atoms with Gasteiger partial charge in [0.15, 0.2) is 0 Å². The molecule has 5 heteroatoms. The highest BCUT2D eigenvalue weighted by Crippen LogP contribution is 2.14. The first-order valence-corrected chi connectivity index (χ1v) is 4.11. The number of hydrogen-bond donors (Lipinski definition) is 3. The summed E-state index contributed by atoms with van der Waals surface area (Å²) in [6.45, 7) is -0.458. The van der Waals surface area contributed by atoms with Crippen molar-refractivity contribution in [3.05, 3.63) is 29.8 Å². The lowest BCUT2D eigenvalue weighted by Gasteiger charge is -2.10. The molecule has 0 saturated heterocycles. The van der Waals surface area contributed by atoms with Gasteiger partial charge in [0.2, 0.25) is 0 Å². The van der Waals surface area contributed by atoms with Gasteiger partial charge in [0, 0.05) is 6.54 Å². The van der Waals surface area contributed by atoms with Crippen LogP contribution in [0.15, 0.2) is 18.2 Å². The van der Waals surface area contributed by atoms with Crippen LogP contribution in [0, 0.1) is 11.6 Å². The maximum absolute atomic E-state index is 13.0. The Morgan fingerprint density at radius 3 is 2.71 bits per heavy atom. The van der Waals surface area contributed by atoms with Crippen molar-refractivity contribution in [2.45, 2.75) is 6.10 Å². The average Bonchev–Trinajstić information content (AvgIpc) is 2.19. The SMILES string of the molecule is OCC(O)CNc1cc(F)ccc1F. The smallest absolute Gasteiger partial charge is 0.146 e. The van der Waals surface area contributed by atoms with Crippen molar-refractivity contribution in [3.63, 3.8) is 0 Å². The lowest BCUT2D eigenvalue weighted by molar-refractivity contribution is 0.105. The molecule has 0 aliphatic carbocycles. The Morgan fingerprint density at radius 2 is 2.07 bits per heavy atom. The Kier molecular flexibility index (Phi) is 3.79. The van der Waals surface area contributed by atoms with Gasteiger partial charge in [0.05, 0.1) is 18.4 Å². The molecule has 0 aromatic heterocycles. The maximum Gasteiger partial charge on any atom is 0.146 e. The van der Waals surface area contributed by atoms with Crippen molar-refractivity contribution in [3.8, 4) is 0 Å². The summed E-state index contributed by atoms with van der Waals surface area (Å²) in [5, 5.41) is 19.9. The molecule has 78 valence electrons. The van der Waals surface area contributed by atoms with Crippen molar-refractivity contribution in [2.75, 3.05) is 18.5 Å². The maximum atomic E-state index is 13.0. The van der Waals surface area contributed by atoms with E-state index in [0.717, 1.165) is 18.2 Å². The number of benzene rings is 1. The zero-order chi connectivity index (χ0) is 10.6. The number of anilines is 1. The van der Waals surface area contributed by atoms with Crippen LogP contribution in [0.5, 0.6) is 0 Å². The van der Waals surface area contributed by atoms with Crippen LogP contribution in [0.2, 0.25) is 0 Å². The topological polar surface area (TPSA) is 52.5 Å². The van der Waals surface area contributed by atoms with Gasteiger partial charge >= 0.3 is 0 Å². The summed E-state index contributed by atoms with van der Waals surface area (Å²) in [4.78, 5) is 0. The molecule has 1 atom stereocenters. The zero-order valence-electron chi connectivity index (χ0n) is 7.37. The molecule has 1 aromatic rings. The van der Waals surface area contributed by atoms with Gasteiger partial charge in [-0.15, -0.1) is 0 Å². The third-order valence-electron chi connectivity index (χ3n) is 1.67. The third kappa shape index (κ3) is 2.93. The van der Waals surface area contributed by atoms with Gasteiger partial charge in [-0.2, -0.15) is 0 Å². The van der Waals surface area contributed by atoms with Crippen molar-refractivity contribution < 1.29 is 19.0 Å². The van der Waals surface area contributed by atoms with Crippen molar-refractivity contribution in [1.82, 2.24) is 0 Å². The number of rotatable bonds is 4. The van der Waals surface area contributed by atoms with E-state index >= 15 is 0 Å². The summed E-state index contributed by atoms with van der Waals surface area (Å²) in [7, 11) is 0. The zero-order valence-corrected chi connectivity index (χ0v) is 7.37. The molecular weight excluding hydrogens is 192 g/mol. The molecule has 0 aliphatic rings. The second-order valence-electron chi connectivity index (χ2n) is 2.84. The van der Waals surface area contributed by atoms with Gasteiger partial charge in [-0.05, 0) is 18.2 Å². The first-order valence-electron chi connectivity index (χ1n) is 4.11. The molecule has 3 N–H and O–H groups in total. The average molecular weight is 203 g/mol. The minimum Gasteiger partial charge on any atom is -0.394 e. The van der Waals surface area contributed by atoms with Crippen LogP contribution in [0.1, 0.15) is 0 Å². The monoisotopic (exact) mass is 203 g/mol. The molecule has 0 radical (unpaired) electrons. The van der Waals surface area contributed by atoms with Crippen LogP contribution < -0.4 is 5.32 Å². The first kappa shape index (κ1) is 10.9. The summed E-state index contributed by atoms with van der Waals surface area (Å²) in [6.07, 6.45) is -0.988. The van der Waals surface area contributed by atoms with Crippen molar-refractivity contribution >= 4 is 5.69 Å². The summed E-state index contributed by atoms with van der Waals surface area (Å²) in [6, 6.07) is 2.98. The fraction of sp³-hybridized carbons (Fsp3) is 0.333. The van der Waals surface area contributed by atoms with E-state index in [1.807, 2.05) is 0 Å². The molecule has 0 bridgehead atoms. The Bertz CT molecular complexity index is 307. The number of aliphatic hydroxyl groups is 2. The molecule has 0 amide bonds. The predicted molar refractivity (Wildman–Crippen MR) is 47.9 cm³/mol. The van der Waals surface area contributed by atoms with E-state index in [9.17, 15) is 8.78 Å². The third-order valence-corrected chi connectivity index (χ3v) is 1.67. The molecule has 1 aromatic carbocycles. The minimum absolute atomic E-state index is 0.0301. The molecule has 0 heterocycles. The van der Waals surface area contributed by atoms with E-state index in [2.05, 4.69) is 5.32 Å². The highest BCUT2D eigenvalue weighted by atomic mass is 19.1. The molecular formula is C9H11F2NO2. The van der Waals surface area contributed by atoms with Crippen LogP contribution in [0.4, 0.5) is 14.5 Å². The molecule has 0 spiro atoms. The number of hydrogen-bond acceptors (Lipinski definition) is 3. The van der Waals surface area contributed by atoms with Crippen LogP contribution in [0.25, 0.3) is 0 Å². The highest BCUT2D eigenvalue weighted by molar-refractivity contribution is 5.44. The lowest BCUT2D eigenvalue weighted by atomic mass is 10.3. The summed E-state index contributed by atoms with van der Waals surface area (Å²) >= 11 is 0. The molecule has 14 heavy (non-hydrogen) atoms. The Morgan fingerprint density at radius 1 is 1.36 bits per heavy atom. The second-order valence-corrected chi connectivity index (χ2v) is 2.84. The van der Waals surface area contributed by atoms with Crippen LogP contribution >= 0.6 is 0 Å². The van der Waals surface area contributed by atoms with E-state index in [-0.39, 0.29) is 12.2 Å². The van der Waals surface area contributed by atoms with Crippen LogP contribution in [-0.4, -0.2) is 29.5 Å². The van der Waals surface area contributed by atoms with E-state index in [1.165, 1.54) is 0 Å². The Hall–Kier alpha value is -1.20. The quantitative estimate of drug-likeness (QED) is 0.676. The number of aliphatic hydroxyl groups excluding tert-OH is 2. The summed E-state index contributed by atoms with van der Waals surface area (Å²) in [5.74, 6) is -1.16. The predicted octanol–water partition coefficient (Wildman–Crippen LogP) is 0.730. The number of halogens is 2. The van der Waals surface area contributed by atoms with Crippen molar-refractivity contribution in [2.24, 2.45) is 0 Å². The molecule has 0 fully saturated rings. The number of nitrogens with one attached hydrogen (secondary N) is 1. The Labute approximate surface area is 80.0 Å². The molecule has 0 aliphatic heterocycles. The summed E-state index contributed by atoms with van der Waals surface area (Å²) < 4.78 is 25.6. The fourth-order valence-corrected chi connectivity index (χ4v) is 0.925. The highest BCUT2D eigenvalue weighted by Gasteiger charge is 2.05. The molecule has 0 saturated carbocycles. The van der Waals surface area contributed by atoms with Gasteiger partial charge in [-0.25, -0.2) is 8.78 Å². The largest absolute Gasteiger partial charge is 0.394 e. The van der Waals surface area contributed by atoms with E-state index in [0.29, 0.717) is 0 Å². The van der Waals surface area contributed by atoms with Gasteiger partial charge < -0.3 is 15.5 Å². The fourth-order valence-electron chi connectivity index (χ4n) is 0.925. The minimum atomic E-state index is -0.988. The Balaban J connectivity index is 2.62. The van der Waals surface area contributed by atoms with E-state index in [1.54, 1.807) is 0 Å². The lowest BCUT2D eigenvalue weighted by Crippen LogP contribution is -2.23. The van der Waals surface area contributed by atoms with E-state index in [4.69, 9.17) is 10.2 Å². The van der Waals surface area contributed by atoms with Gasteiger partial charge in [-0.1, -0.05) is 0 Å². The summed E-state index contributed by atoms with van der Waals surface area (Å²) in [5.41, 5.74) is -0.0301. The van der Waals surface area contributed by atoms with Crippen LogP contribution in [-0.2, 0) is 0 Å². The molecule has 1 unspecified atom stereocenters. The van der Waals surface area contributed by atoms with E-state index < -0.39 is 24.3 Å².